The molecule has 0 aliphatic rings. The Morgan fingerprint density at radius 2 is 2.09 bits per heavy atom. The third-order valence-electron chi connectivity index (χ3n) is 3.88. The number of rotatable bonds is 8. The summed E-state index contributed by atoms with van der Waals surface area (Å²) in [6.07, 6.45) is 2.36. The summed E-state index contributed by atoms with van der Waals surface area (Å²) in [6.45, 7) is 9.58. The van der Waals surface area contributed by atoms with E-state index in [9.17, 15) is 0 Å². The van der Waals surface area contributed by atoms with Crippen LogP contribution in [-0.2, 0) is 17.8 Å². The first-order valence-corrected chi connectivity index (χ1v) is 7.98. The van der Waals surface area contributed by atoms with Gasteiger partial charge in [0.15, 0.2) is 5.96 Å². The maximum Gasteiger partial charge on any atom is 0.193 e. The van der Waals surface area contributed by atoms with Crippen molar-refractivity contribution in [2.24, 2.45) is 4.99 Å². The number of methoxy groups -OCH3 is 1. The molecule has 23 heavy (non-hydrogen) atoms. The van der Waals surface area contributed by atoms with E-state index in [0.29, 0.717) is 6.61 Å². The van der Waals surface area contributed by atoms with Gasteiger partial charge in [0.2, 0.25) is 0 Å². The van der Waals surface area contributed by atoms with Gasteiger partial charge >= 0.3 is 0 Å². The van der Waals surface area contributed by atoms with Crippen LogP contribution in [0.5, 0.6) is 0 Å². The van der Waals surface area contributed by atoms with Crippen LogP contribution in [-0.4, -0.2) is 55.0 Å². The van der Waals surface area contributed by atoms with Crippen LogP contribution < -0.4 is 5.32 Å². The van der Waals surface area contributed by atoms with Gasteiger partial charge in [0, 0.05) is 45.6 Å². The molecular weight excluding hydrogens is 405 g/mol. The minimum absolute atomic E-state index is 0. The molecule has 0 aromatic carbocycles. The summed E-state index contributed by atoms with van der Waals surface area (Å²) in [5.74, 6) is 0.928. The molecule has 1 rings (SSSR count). The van der Waals surface area contributed by atoms with Gasteiger partial charge in [-0.05, 0) is 20.3 Å². The van der Waals surface area contributed by atoms with Crippen LogP contribution in [0.25, 0.3) is 0 Å². The summed E-state index contributed by atoms with van der Waals surface area (Å²) < 4.78 is 7.15. The Hall–Kier alpha value is -0.830. The number of aromatic nitrogens is 2. The SMILES string of the molecule is CCCCN(C)C(=NC)NCc1c(C)nn(CCOC)c1C.I. The van der Waals surface area contributed by atoms with Crippen LogP contribution in [0.4, 0.5) is 0 Å². The van der Waals surface area contributed by atoms with Crippen LogP contribution in [0.2, 0.25) is 0 Å². The summed E-state index contributed by atoms with van der Waals surface area (Å²) in [6, 6.07) is 0. The molecule has 0 saturated heterocycles. The van der Waals surface area contributed by atoms with E-state index in [1.807, 2.05) is 11.7 Å². The van der Waals surface area contributed by atoms with Gasteiger partial charge in [-0.1, -0.05) is 13.3 Å². The quantitative estimate of drug-likeness (QED) is 0.386. The van der Waals surface area contributed by atoms with Gasteiger partial charge in [0.25, 0.3) is 0 Å². The normalized spacial score (nSPS) is 11.3. The van der Waals surface area contributed by atoms with Crippen molar-refractivity contribution in [3.63, 3.8) is 0 Å². The van der Waals surface area contributed by atoms with Crippen LogP contribution in [0.1, 0.15) is 36.7 Å². The molecule has 0 bridgehead atoms. The number of nitrogens with zero attached hydrogens (tertiary/aromatic N) is 4. The average molecular weight is 437 g/mol. The lowest BCUT2D eigenvalue weighted by Gasteiger charge is -2.22. The van der Waals surface area contributed by atoms with E-state index in [1.54, 1.807) is 7.11 Å². The monoisotopic (exact) mass is 437 g/mol. The van der Waals surface area contributed by atoms with Crippen LogP contribution in [0, 0.1) is 13.8 Å². The van der Waals surface area contributed by atoms with Crippen LogP contribution >= 0.6 is 24.0 Å². The van der Waals surface area contributed by atoms with Crippen molar-refractivity contribution in [3.05, 3.63) is 17.0 Å². The van der Waals surface area contributed by atoms with Gasteiger partial charge < -0.3 is 15.0 Å². The van der Waals surface area contributed by atoms with Crippen LogP contribution in [0.3, 0.4) is 0 Å². The van der Waals surface area contributed by atoms with E-state index in [2.05, 4.69) is 48.1 Å². The number of unbranched alkanes of at least 4 members (excludes halogenated alkanes) is 1. The van der Waals surface area contributed by atoms with Crippen molar-refractivity contribution in [1.29, 1.82) is 0 Å². The highest BCUT2D eigenvalue weighted by molar-refractivity contribution is 14.0. The second-order valence-electron chi connectivity index (χ2n) is 5.54. The predicted octanol–water partition coefficient (Wildman–Crippen LogP) is 2.57. The fourth-order valence-corrected chi connectivity index (χ4v) is 2.44. The second kappa shape index (κ2) is 11.7. The Balaban J connectivity index is 0.00000484. The summed E-state index contributed by atoms with van der Waals surface area (Å²) in [5, 5.41) is 8.03. The molecular formula is C16H32IN5O. The topological polar surface area (TPSA) is 54.7 Å². The van der Waals surface area contributed by atoms with E-state index in [0.717, 1.165) is 31.3 Å². The molecule has 0 spiro atoms. The summed E-state index contributed by atoms with van der Waals surface area (Å²) in [7, 11) is 5.61. The zero-order valence-electron chi connectivity index (χ0n) is 15.3. The van der Waals surface area contributed by atoms with Gasteiger partial charge in [0.1, 0.15) is 0 Å². The molecule has 1 aromatic heterocycles. The lowest BCUT2D eigenvalue weighted by molar-refractivity contribution is 0.182. The molecule has 1 aromatic rings. The number of guanidine groups is 1. The summed E-state index contributed by atoms with van der Waals surface area (Å²) >= 11 is 0. The minimum atomic E-state index is 0. The predicted molar refractivity (Wildman–Crippen MR) is 107 cm³/mol. The van der Waals surface area contributed by atoms with Crippen molar-refractivity contribution in [2.75, 3.05) is 34.4 Å². The van der Waals surface area contributed by atoms with E-state index in [4.69, 9.17) is 4.74 Å². The zero-order valence-corrected chi connectivity index (χ0v) is 17.7. The molecule has 1 heterocycles. The highest BCUT2D eigenvalue weighted by Gasteiger charge is 2.13. The molecule has 0 saturated carbocycles. The van der Waals surface area contributed by atoms with Gasteiger partial charge in [-0.3, -0.25) is 9.67 Å². The molecule has 0 radical (unpaired) electrons. The maximum absolute atomic E-state index is 5.13. The number of halogens is 1. The highest BCUT2D eigenvalue weighted by atomic mass is 127. The molecule has 0 aliphatic carbocycles. The lowest BCUT2D eigenvalue weighted by atomic mass is 10.2. The van der Waals surface area contributed by atoms with Gasteiger partial charge in [-0.2, -0.15) is 5.10 Å². The number of aliphatic imine (C=N–C) groups is 1. The Bertz CT molecular complexity index is 487. The highest BCUT2D eigenvalue weighted by Crippen LogP contribution is 2.12. The number of hydrogen-bond acceptors (Lipinski definition) is 3. The molecule has 0 atom stereocenters. The largest absolute Gasteiger partial charge is 0.383 e. The van der Waals surface area contributed by atoms with Gasteiger partial charge in [-0.15, -0.1) is 24.0 Å². The molecule has 1 N–H and O–H groups in total. The smallest absolute Gasteiger partial charge is 0.193 e. The number of hydrogen-bond donors (Lipinski definition) is 1. The molecule has 6 nitrogen and oxygen atoms in total. The standard InChI is InChI=1S/C16H31N5O.HI/c1-7-8-9-20(5)16(17-4)18-12-15-13(2)19-21(14(15)3)10-11-22-6;/h7-12H2,1-6H3,(H,17,18);1H. The average Bonchev–Trinajstić information content (AvgIpc) is 2.78. The third-order valence-corrected chi connectivity index (χ3v) is 3.88. The number of aryl methyl sites for hydroxylation is 1. The maximum atomic E-state index is 5.13. The van der Waals surface area contributed by atoms with Crippen molar-refractivity contribution < 1.29 is 4.74 Å². The minimum Gasteiger partial charge on any atom is -0.383 e. The van der Waals surface area contributed by atoms with E-state index < -0.39 is 0 Å². The van der Waals surface area contributed by atoms with Crippen molar-refractivity contribution in [3.8, 4) is 0 Å². The first kappa shape index (κ1) is 22.2. The van der Waals surface area contributed by atoms with E-state index in [-0.39, 0.29) is 24.0 Å². The molecule has 7 heteroatoms. The second-order valence-corrected chi connectivity index (χ2v) is 5.54. The zero-order chi connectivity index (χ0) is 16.5. The summed E-state index contributed by atoms with van der Waals surface area (Å²) in [5.41, 5.74) is 3.49. The van der Waals surface area contributed by atoms with Gasteiger partial charge in [0.05, 0.1) is 18.8 Å². The van der Waals surface area contributed by atoms with E-state index >= 15 is 0 Å². The molecule has 0 aliphatic heterocycles. The fraction of sp³-hybridized carbons (Fsp3) is 0.750. The Kier molecular flexibility index (Phi) is 11.2. The number of nitrogens with one attached hydrogen (secondary N) is 1. The van der Waals surface area contributed by atoms with Gasteiger partial charge in [-0.25, -0.2) is 0 Å². The van der Waals surface area contributed by atoms with E-state index in [1.165, 1.54) is 24.1 Å². The third kappa shape index (κ3) is 6.66. The van der Waals surface area contributed by atoms with Crippen LogP contribution in [0.15, 0.2) is 4.99 Å². The summed E-state index contributed by atoms with van der Waals surface area (Å²) in [4.78, 5) is 6.53. The Labute approximate surface area is 157 Å². The lowest BCUT2D eigenvalue weighted by Crippen LogP contribution is -2.39. The number of ether oxygens (including phenoxy) is 1. The van der Waals surface area contributed by atoms with Crippen molar-refractivity contribution >= 4 is 29.9 Å². The Morgan fingerprint density at radius 3 is 2.65 bits per heavy atom. The van der Waals surface area contributed by atoms with Crippen molar-refractivity contribution in [2.45, 2.75) is 46.7 Å². The first-order chi connectivity index (χ1) is 10.5. The first-order valence-electron chi connectivity index (χ1n) is 7.98. The molecule has 0 unspecified atom stereocenters. The fourth-order valence-electron chi connectivity index (χ4n) is 2.44. The molecule has 0 amide bonds. The Morgan fingerprint density at radius 1 is 1.39 bits per heavy atom. The molecule has 0 fully saturated rings. The van der Waals surface area contributed by atoms with Crippen molar-refractivity contribution in [1.82, 2.24) is 20.0 Å². The molecule has 134 valence electrons.